The average molecular weight is 291 g/mol. The van der Waals surface area contributed by atoms with Gasteiger partial charge in [0.1, 0.15) is 11.5 Å². The van der Waals surface area contributed by atoms with Gasteiger partial charge in [0.25, 0.3) is 0 Å². The van der Waals surface area contributed by atoms with Crippen molar-refractivity contribution in [3.63, 3.8) is 0 Å². The van der Waals surface area contributed by atoms with E-state index in [0.717, 1.165) is 22.6 Å². The lowest BCUT2D eigenvalue weighted by Gasteiger charge is -2.11. The zero-order chi connectivity index (χ0) is 14.7. The van der Waals surface area contributed by atoms with Gasteiger partial charge >= 0.3 is 0 Å². The Bertz CT molecular complexity index is 650. The SMILES string of the molecule is COc1ccc(OC)c(-c2ccc(C(C)=O)c(Cl)c2)c1. The van der Waals surface area contributed by atoms with Gasteiger partial charge in [0.05, 0.1) is 19.2 Å². The zero-order valence-corrected chi connectivity index (χ0v) is 12.3. The minimum atomic E-state index is -0.0563. The second kappa shape index (κ2) is 5.97. The summed E-state index contributed by atoms with van der Waals surface area (Å²) < 4.78 is 10.6. The highest BCUT2D eigenvalue weighted by atomic mass is 35.5. The fraction of sp³-hybridized carbons (Fsp3) is 0.188. The van der Waals surface area contributed by atoms with Gasteiger partial charge in [-0.05, 0) is 42.8 Å². The first-order valence-electron chi connectivity index (χ1n) is 6.09. The van der Waals surface area contributed by atoms with E-state index in [2.05, 4.69) is 0 Å². The molecular formula is C16H15ClO3. The largest absolute Gasteiger partial charge is 0.497 e. The Labute approximate surface area is 123 Å². The van der Waals surface area contributed by atoms with Crippen molar-refractivity contribution in [2.24, 2.45) is 0 Å². The van der Waals surface area contributed by atoms with E-state index in [1.165, 1.54) is 6.92 Å². The number of hydrogen-bond acceptors (Lipinski definition) is 3. The first-order valence-corrected chi connectivity index (χ1v) is 6.47. The number of benzene rings is 2. The van der Waals surface area contributed by atoms with Crippen molar-refractivity contribution in [3.05, 3.63) is 47.0 Å². The number of carbonyl (C=O) groups excluding carboxylic acids is 1. The summed E-state index contributed by atoms with van der Waals surface area (Å²) in [5, 5.41) is 0.430. The molecule has 0 spiro atoms. The minimum absolute atomic E-state index is 0.0563. The second-order valence-electron chi connectivity index (χ2n) is 4.32. The van der Waals surface area contributed by atoms with E-state index in [1.54, 1.807) is 26.4 Å². The molecule has 0 unspecified atom stereocenters. The second-order valence-corrected chi connectivity index (χ2v) is 4.72. The molecule has 104 valence electrons. The Morgan fingerprint density at radius 3 is 2.35 bits per heavy atom. The highest BCUT2D eigenvalue weighted by molar-refractivity contribution is 6.34. The maximum absolute atomic E-state index is 11.4. The molecule has 0 aliphatic carbocycles. The molecule has 0 fully saturated rings. The first kappa shape index (κ1) is 14.4. The van der Waals surface area contributed by atoms with Crippen molar-refractivity contribution >= 4 is 17.4 Å². The Hall–Kier alpha value is -2.00. The molecule has 0 radical (unpaired) electrons. The highest BCUT2D eigenvalue weighted by Crippen LogP contribution is 2.35. The molecule has 2 rings (SSSR count). The van der Waals surface area contributed by atoms with Crippen LogP contribution in [0.2, 0.25) is 5.02 Å². The minimum Gasteiger partial charge on any atom is -0.497 e. The number of hydrogen-bond donors (Lipinski definition) is 0. The van der Waals surface area contributed by atoms with Crippen molar-refractivity contribution in [2.45, 2.75) is 6.92 Å². The van der Waals surface area contributed by atoms with E-state index < -0.39 is 0 Å². The number of halogens is 1. The third kappa shape index (κ3) is 2.78. The van der Waals surface area contributed by atoms with Gasteiger partial charge in [0, 0.05) is 11.1 Å². The maximum atomic E-state index is 11.4. The van der Waals surface area contributed by atoms with E-state index in [9.17, 15) is 4.79 Å². The molecule has 0 amide bonds. The van der Waals surface area contributed by atoms with Gasteiger partial charge in [-0.3, -0.25) is 4.79 Å². The number of methoxy groups -OCH3 is 2. The van der Waals surface area contributed by atoms with Crippen LogP contribution in [-0.4, -0.2) is 20.0 Å². The predicted molar refractivity (Wildman–Crippen MR) is 80.0 cm³/mol. The standard InChI is InChI=1S/C16H15ClO3/c1-10(18)13-6-4-11(8-15(13)17)14-9-12(19-2)5-7-16(14)20-3/h4-9H,1-3H3. The zero-order valence-electron chi connectivity index (χ0n) is 11.6. The third-order valence-electron chi connectivity index (χ3n) is 3.07. The molecule has 3 nitrogen and oxygen atoms in total. The number of Topliss-reactive ketones (excluding diaryl/α,β-unsaturated/α-hetero) is 1. The van der Waals surface area contributed by atoms with Crippen LogP contribution in [0.25, 0.3) is 11.1 Å². The molecule has 0 aliphatic rings. The summed E-state index contributed by atoms with van der Waals surface area (Å²) in [6, 6.07) is 10.9. The Balaban J connectivity index is 2.55. The average Bonchev–Trinajstić information content (AvgIpc) is 2.46. The first-order chi connectivity index (χ1) is 9.56. The van der Waals surface area contributed by atoms with E-state index in [1.807, 2.05) is 24.3 Å². The normalized spacial score (nSPS) is 10.2. The van der Waals surface area contributed by atoms with Crippen LogP contribution < -0.4 is 9.47 Å². The van der Waals surface area contributed by atoms with E-state index in [-0.39, 0.29) is 5.78 Å². The van der Waals surface area contributed by atoms with Gasteiger partial charge in [-0.2, -0.15) is 0 Å². The number of ketones is 1. The van der Waals surface area contributed by atoms with Crippen molar-refractivity contribution < 1.29 is 14.3 Å². The lowest BCUT2D eigenvalue weighted by atomic mass is 10.0. The van der Waals surface area contributed by atoms with Crippen LogP contribution in [0.3, 0.4) is 0 Å². The summed E-state index contributed by atoms with van der Waals surface area (Å²) in [4.78, 5) is 11.4. The fourth-order valence-electron chi connectivity index (χ4n) is 2.01. The van der Waals surface area contributed by atoms with Crippen molar-refractivity contribution in [1.82, 2.24) is 0 Å². The lowest BCUT2D eigenvalue weighted by Crippen LogP contribution is -1.95. The molecule has 0 atom stereocenters. The summed E-state index contributed by atoms with van der Waals surface area (Å²) in [6.07, 6.45) is 0. The quantitative estimate of drug-likeness (QED) is 0.791. The molecule has 0 saturated heterocycles. The van der Waals surface area contributed by atoms with E-state index in [4.69, 9.17) is 21.1 Å². The van der Waals surface area contributed by atoms with Gasteiger partial charge in [-0.15, -0.1) is 0 Å². The number of rotatable bonds is 4. The predicted octanol–water partition coefficient (Wildman–Crippen LogP) is 4.23. The van der Waals surface area contributed by atoms with Gasteiger partial charge in [0.15, 0.2) is 5.78 Å². The number of ether oxygens (including phenoxy) is 2. The molecule has 0 bridgehead atoms. The smallest absolute Gasteiger partial charge is 0.161 e. The molecule has 2 aromatic carbocycles. The van der Waals surface area contributed by atoms with Crippen LogP contribution in [0.15, 0.2) is 36.4 Å². The van der Waals surface area contributed by atoms with Gasteiger partial charge in [0.2, 0.25) is 0 Å². The Morgan fingerprint density at radius 2 is 1.80 bits per heavy atom. The summed E-state index contributed by atoms with van der Waals surface area (Å²) in [5.41, 5.74) is 2.25. The molecule has 0 saturated carbocycles. The van der Waals surface area contributed by atoms with Crippen LogP contribution in [-0.2, 0) is 0 Å². The summed E-state index contributed by atoms with van der Waals surface area (Å²) in [7, 11) is 3.22. The molecule has 4 heteroatoms. The topological polar surface area (TPSA) is 35.5 Å². The van der Waals surface area contributed by atoms with E-state index in [0.29, 0.717) is 10.6 Å². The monoisotopic (exact) mass is 290 g/mol. The van der Waals surface area contributed by atoms with Crippen LogP contribution in [0.4, 0.5) is 0 Å². The fourth-order valence-corrected chi connectivity index (χ4v) is 2.32. The molecular weight excluding hydrogens is 276 g/mol. The van der Waals surface area contributed by atoms with Crippen LogP contribution in [0.5, 0.6) is 11.5 Å². The van der Waals surface area contributed by atoms with Crippen molar-refractivity contribution in [1.29, 1.82) is 0 Å². The molecule has 0 N–H and O–H groups in total. The number of carbonyl (C=O) groups is 1. The van der Waals surface area contributed by atoms with Crippen molar-refractivity contribution in [2.75, 3.05) is 14.2 Å². The lowest BCUT2D eigenvalue weighted by molar-refractivity contribution is 0.101. The molecule has 0 aromatic heterocycles. The Kier molecular flexibility index (Phi) is 4.30. The molecule has 20 heavy (non-hydrogen) atoms. The molecule has 0 aliphatic heterocycles. The van der Waals surface area contributed by atoms with E-state index >= 15 is 0 Å². The third-order valence-corrected chi connectivity index (χ3v) is 3.38. The van der Waals surface area contributed by atoms with Crippen LogP contribution >= 0.6 is 11.6 Å². The summed E-state index contributed by atoms with van der Waals surface area (Å²) >= 11 is 6.15. The van der Waals surface area contributed by atoms with Crippen LogP contribution in [0, 0.1) is 0 Å². The summed E-state index contributed by atoms with van der Waals surface area (Å²) in [5.74, 6) is 1.39. The Morgan fingerprint density at radius 1 is 1.05 bits per heavy atom. The van der Waals surface area contributed by atoms with Gasteiger partial charge in [-0.1, -0.05) is 17.7 Å². The molecule has 2 aromatic rings. The highest BCUT2D eigenvalue weighted by Gasteiger charge is 2.11. The maximum Gasteiger partial charge on any atom is 0.161 e. The van der Waals surface area contributed by atoms with Gasteiger partial charge in [-0.25, -0.2) is 0 Å². The van der Waals surface area contributed by atoms with Crippen LogP contribution in [0.1, 0.15) is 17.3 Å². The molecule has 0 heterocycles. The van der Waals surface area contributed by atoms with Gasteiger partial charge < -0.3 is 9.47 Å². The summed E-state index contributed by atoms with van der Waals surface area (Å²) in [6.45, 7) is 1.49. The van der Waals surface area contributed by atoms with Crippen molar-refractivity contribution in [3.8, 4) is 22.6 Å².